The summed E-state index contributed by atoms with van der Waals surface area (Å²) in [5.41, 5.74) is 1.98. The van der Waals surface area contributed by atoms with Gasteiger partial charge < -0.3 is 10.0 Å². The smallest absolute Gasteiger partial charge is 0.354 e. The summed E-state index contributed by atoms with van der Waals surface area (Å²) in [7, 11) is 1.69. The van der Waals surface area contributed by atoms with Crippen LogP contribution in [0.25, 0.3) is 0 Å². The number of carbonyl (C=O) groups excluding carboxylic acids is 1. The highest BCUT2D eigenvalue weighted by Crippen LogP contribution is 2.15. The molecule has 1 amide bonds. The van der Waals surface area contributed by atoms with E-state index in [-0.39, 0.29) is 11.6 Å². The van der Waals surface area contributed by atoms with Crippen LogP contribution in [0.1, 0.15) is 41.6 Å². The van der Waals surface area contributed by atoms with Crippen molar-refractivity contribution in [3.05, 3.63) is 35.4 Å². The first-order chi connectivity index (χ1) is 10.9. The number of carboxylic acids is 1. The van der Waals surface area contributed by atoms with Crippen LogP contribution in [-0.2, 0) is 17.9 Å². The van der Waals surface area contributed by atoms with Gasteiger partial charge in [0.05, 0.1) is 6.20 Å². The molecule has 1 unspecified atom stereocenters. The van der Waals surface area contributed by atoms with Crippen molar-refractivity contribution in [1.82, 2.24) is 24.5 Å². The van der Waals surface area contributed by atoms with E-state index >= 15 is 0 Å². The van der Waals surface area contributed by atoms with Crippen LogP contribution >= 0.6 is 0 Å². The standard InChI is InChI=1S/C15H21N5O3/c1-5-19-10(2)12(8-17-19)9-18(4)14(21)11(3)20-13(15(22)23)6-7-16-20/h6-8,11H,5,9H2,1-4H3,(H,22,23). The summed E-state index contributed by atoms with van der Waals surface area (Å²) in [5, 5.41) is 17.3. The van der Waals surface area contributed by atoms with E-state index in [1.807, 2.05) is 18.5 Å². The highest BCUT2D eigenvalue weighted by molar-refractivity contribution is 5.87. The number of nitrogens with zero attached hydrogens (tertiary/aromatic N) is 5. The summed E-state index contributed by atoms with van der Waals surface area (Å²) in [6.07, 6.45) is 3.13. The Morgan fingerprint density at radius 2 is 2.09 bits per heavy atom. The third-order valence-electron chi connectivity index (χ3n) is 3.90. The molecule has 0 radical (unpaired) electrons. The van der Waals surface area contributed by atoms with Crippen LogP contribution in [-0.4, -0.2) is 48.5 Å². The number of likely N-dealkylation sites (N-methyl/N-ethyl adjacent to an activating group) is 1. The second kappa shape index (κ2) is 6.64. The van der Waals surface area contributed by atoms with E-state index in [1.54, 1.807) is 25.1 Å². The molecule has 0 bridgehead atoms. The summed E-state index contributed by atoms with van der Waals surface area (Å²) < 4.78 is 3.09. The van der Waals surface area contributed by atoms with Gasteiger partial charge in [0.1, 0.15) is 11.7 Å². The summed E-state index contributed by atoms with van der Waals surface area (Å²) in [6.45, 7) is 6.80. The lowest BCUT2D eigenvalue weighted by molar-refractivity contribution is -0.133. The lowest BCUT2D eigenvalue weighted by Gasteiger charge is -2.22. The maximum atomic E-state index is 12.6. The van der Waals surface area contributed by atoms with Crippen LogP contribution in [0, 0.1) is 6.92 Å². The van der Waals surface area contributed by atoms with Crippen LogP contribution in [0.2, 0.25) is 0 Å². The molecule has 0 aromatic carbocycles. The molecule has 2 aromatic heterocycles. The van der Waals surface area contributed by atoms with Gasteiger partial charge >= 0.3 is 5.97 Å². The molecule has 2 aromatic rings. The topological polar surface area (TPSA) is 93.3 Å². The van der Waals surface area contributed by atoms with Crippen LogP contribution < -0.4 is 0 Å². The van der Waals surface area contributed by atoms with Crippen molar-refractivity contribution in [2.75, 3.05) is 7.05 Å². The van der Waals surface area contributed by atoms with Gasteiger partial charge in [-0.25, -0.2) is 9.48 Å². The first kappa shape index (κ1) is 16.7. The highest BCUT2D eigenvalue weighted by atomic mass is 16.4. The number of rotatable bonds is 6. The summed E-state index contributed by atoms with van der Waals surface area (Å²) >= 11 is 0. The van der Waals surface area contributed by atoms with Gasteiger partial charge in [-0.05, 0) is 26.8 Å². The number of aromatic nitrogens is 4. The number of carboxylic acid groups (broad SMARTS) is 1. The van der Waals surface area contributed by atoms with Crippen molar-refractivity contribution >= 4 is 11.9 Å². The molecule has 124 valence electrons. The van der Waals surface area contributed by atoms with E-state index in [1.165, 1.54) is 16.9 Å². The molecular weight excluding hydrogens is 298 g/mol. The van der Waals surface area contributed by atoms with Crippen LogP contribution in [0.3, 0.4) is 0 Å². The van der Waals surface area contributed by atoms with Crippen molar-refractivity contribution < 1.29 is 14.7 Å². The normalized spacial score (nSPS) is 12.2. The van der Waals surface area contributed by atoms with Crippen molar-refractivity contribution in [3.8, 4) is 0 Å². The molecule has 8 heteroatoms. The lowest BCUT2D eigenvalue weighted by atomic mass is 10.2. The minimum Gasteiger partial charge on any atom is -0.477 e. The largest absolute Gasteiger partial charge is 0.477 e. The number of aromatic carboxylic acids is 1. The highest BCUT2D eigenvalue weighted by Gasteiger charge is 2.24. The summed E-state index contributed by atoms with van der Waals surface area (Å²) in [4.78, 5) is 25.3. The predicted octanol–water partition coefficient (Wildman–Crippen LogP) is 1.33. The van der Waals surface area contributed by atoms with Gasteiger partial charge in [0.25, 0.3) is 0 Å². The van der Waals surface area contributed by atoms with E-state index in [0.29, 0.717) is 6.54 Å². The second-order valence-electron chi connectivity index (χ2n) is 5.41. The third-order valence-corrected chi connectivity index (χ3v) is 3.90. The molecule has 2 rings (SSSR count). The van der Waals surface area contributed by atoms with E-state index < -0.39 is 12.0 Å². The molecule has 23 heavy (non-hydrogen) atoms. The van der Waals surface area contributed by atoms with Gasteiger partial charge in [-0.15, -0.1) is 0 Å². The molecular formula is C15H21N5O3. The molecule has 0 saturated heterocycles. The minimum absolute atomic E-state index is 0.00534. The molecule has 1 N–H and O–H groups in total. The summed E-state index contributed by atoms with van der Waals surface area (Å²) in [5.74, 6) is -1.32. The van der Waals surface area contributed by atoms with Crippen molar-refractivity contribution in [3.63, 3.8) is 0 Å². The van der Waals surface area contributed by atoms with Crippen molar-refractivity contribution in [2.24, 2.45) is 0 Å². The number of carbonyl (C=O) groups is 2. The third kappa shape index (κ3) is 3.25. The van der Waals surface area contributed by atoms with Gasteiger partial charge in [0.15, 0.2) is 0 Å². The molecule has 0 spiro atoms. The van der Waals surface area contributed by atoms with Crippen LogP contribution in [0.5, 0.6) is 0 Å². The Kier molecular flexibility index (Phi) is 4.83. The number of amides is 1. The lowest BCUT2D eigenvalue weighted by Crippen LogP contribution is -2.34. The zero-order chi connectivity index (χ0) is 17.1. The van der Waals surface area contributed by atoms with E-state index in [0.717, 1.165) is 17.8 Å². The van der Waals surface area contributed by atoms with Gasteiger partial charge in [0.2, 0.25) is 5.91 Å². The molecule has 1 atom stereocenters. The number of hydrogen-bond acceptors (Lipinski definition) is 4. The van der Waals surface area contributed by atoms with Gasteiger partial charge in [-0.3, -0.25) is 9.48 Å². The molecule has 0 aliphatic heterocycles. The maximum absolute atomic E-state index is 12.6. The Balaban J connectivity index is 2.14. The van der Waals surface area contributed by atoms with E-state index in [9.17, 15) is 9.59 Å². The quantitative estimate of drug-likeness (QED) is 0.867. The average Bonchev–Trinajstić information content (AvgIpc) is 3.13. The van der Waals surface area contributed by atoms with Gasteiger partial charge in [-0.2, -0.15) is 10.2 Å². The first-order valence-corrected chi connectivity index (χ1v) is 7.39. The van der Waals surface area contributed by atoms with Gasteiger partial charge in [0, 0.05) is 37.6 Å². The molecule has 0 aliphatic carbocycles. The van der Waals surface area contributed by atoms with Crippen molar-refractivity contribution in [2.45, 2.75) is 39.9 Å². The van der Waals surface area contributed by atoms with Crippen LogP contribution in [0.4, 0.5) is 0 Å². The monoisotopic (exact) mass is 319 g/mol. The number of hydrogen-bond donors (Lipinski definition) is 1. The maximum Gasteiger partial charge on any atom is 0.354 e. The average molecular weight is 319 g/mol. The van der Waals surface area contributed by atoms with Crippen molar-refractivity contribution in [1.29, 1.82) is 0 Å². The second-order valence-corrected chi connectivity index (χ2v) is 5.41. The Hall–Kier alpha value is -2.64. The predicted molar refractivity (Wildman–Crippen MR) is 83.0 cm³/mol. The Bertz CT molecular complexity index is 719. The molecule has 8 nitrogen and oxygen atoms in total. The van der Waals surface area contributed by atoms with Crippen LogP contribution in [0.15, 0.2) is 18.5 Å². The minimum atomic E-state index is -1.11. The fourth-order valence-electron chi connectivity index (χ4n) is 2.51. The molecule has 0 fully saturated rings. The fourth-order valence-corrected chi connectivity index (χ4v) is 2.51. The first-order valence-electron chi connectivity index (χ1n) is 7.39. The Morgan fingerprint density at radius 1 is 1.39 bits per heavy atom. The molecule has 2 heterocycles. The zero-order valence-electron chi connectivity index (χ0n) is 13.7. The van der Waals surface area contributed by atoms with E-state index in [2.05, 4.69) is 10.2 Å². The Morgan fingerprint density at radius 3 is 2.65 bits per heavy atom. The fraction of sp³-hybridized carbons (Fsp3) is 0.467. The molecule has 0 aliphatic rings. The van der Waals surface area contributed by atoms with Gasteiger partial charge in [-0.1, -0.05) is 0 Å². The summed E-state index contributed by atoms with van der Waals surface area (Å²) in [6, 6.07) is 0.685. The molecule has 0 saturated carbocycles. The number of aryl methyl sites for hydroxylation is 1. The Labute approximate surface area is 134 Å². The zero-order valence-corrected chi connectivity index (χ0v) is 13.7. The van der Waals surface area contributed by atoms with E-state index in [4.69, 9.17) is 5.11 Å². The SMILES string of the molecule is CCn1ncc(CN(C)C(=O)C(C)n2nccc2C(=O)O)c1C.